The van der Waals surface area contributed by atoms with Gasteiger partial charge in [-0.25, -0.2) is 17.8 Å². The Bertz CT molecular complexity index is 1240. The largest absolute Gasteiger partial charge is 0.348 e. The Kier molecular flexibility index (Phi) is 7.61. The van der Waals surface area contributed by atoms with Crippen LogP contribution in [0.25, 0.3) is 0 Å². The number of nitrogens with zero attached hydrogens (tertiary/aromatic N) is 2. The van der Waals surface area contributed by atoms with Crippen molar-refractivity contribution in [3.05, 3.63) is 81.1 Å². The van der Waals surface area contributed by atoms with E-state index < -0.39 is 15.9 Å². The van der Waals surface area contributed by atoms with Gasteiger partial charge >= 0.3 is 0 Å². The van der Waals surface area contributed by atoms with Crippen LogP contribution in [0, 0.1) is 6.92 Å². The molecule has 0 atom stereocenters. The van der Waals surface area contributed by atoms with Crippen molar-refractivity contribution in [3.63, 3.8) is 0 Å². The lowest BCUT2D eigenvalue weighted by Crippen LogP contribution is -2.30. The lowest BCUT2D eigenvalue weighted by molar-refractivity contribution is 0.0950. The van der Waals surface area contributed by atoms with Crippen LogP contribution < -0.4 is 10.0 Å². The number of rotatable bonds is 8. The summed E-state index contributed by atoms with van der Waals surface area (Å²) in [6.07, 6.45) is 0. The van der Waals surface area contributed by atoms with E-state index in [1.807, 2.05) is 18.2 Å². The number of hydrogen-bond donors (Lipinski definition) is 2. The molecule has 0 unspecified atom stereocenters. The minimum Gasteiger partial charge on any atom is -0.348 e. The average Bonchev–Trinajstić information content (AvgIpc) is 3.00. The van der Waals surface area contributed by atoms with Crippen molar-refractivity contribution in [1.82, 2.24) is 19.8 Å². The summed E-state index contributed by atoms with van der Waals surface area (Å²) in [5.41, 5.74) is 2.22. The topological polar surface area (TPSA) is 93.1 Å². The van der Waals surface area contributed by atoms with Gasteiger partial charge in [-0.2, -0.15) is 5.10 Å². The highest BCUT2D eigenvalue weighted by Gasteiger charge is 2.21. The summed E-state index contributed by atoms with van der Waals surface area (Å²) in [5, 5.41) is 7.95. The third kappa shape index (κ3) is 5.69. The molecule has 0 saturated carbocycles. The molecule has 0 saturated heterocycles. The third-order valence-corrected chi connectivity index (χ3v) is 7.03. The van der Waals surface area contributed by atoms with E-state index in [9.17, 15) is 13.2 Å². The molecule has 7 nitrogen and oxygen atoms in total. The van der Waals surface area contributed by atoms with Gasteiger partial charge in [0.05, 0.1) is 22.7 Å². The summed E-state index contributed by atoms with van der Waals surface area (Å²) >= 11 is 12.7. The van der Waals surface area contributed by atoms with Gasteiger partial charge in [0.15, 0.2) is 0 Å². The molecule has 0 radical (unpaired) electrons. The fourth-order valence-corrected chi connectivity index (χ4v) is 5.01. The first-order valence-electron chi connectivity index (χ1n) is 9.94. The normalized spacial score (nSPS) is 11.7. The minimum absolute atomic E-state index is 0.134. The molecular weight excluding hydrogens is 471 g/mol. The highest BCUT2D eigenvalue weighted by molar-refractivity contribution is 7.89. The second-order valence-electron chi connectivity index (χ2n) is 7.61. The van der Waals surface area contributed by atoms with Crippen molar-refractivity contribution in [3.8, 4) is 0 Å². The maximum absolute atomic E-state index is 12.8. The number of halogens is 2. The Labute approximate surface area is 197 Å². The fourth-order valence-electron chi connectivity index (χ4n) is 3.18. The summed E-state index contributed by atoms with van der Waals surface area (Å²) in [6, 6.07) is 13.5. The van der Waals surface area contributed by atoms with Crippen molar-refractivity contribution in [2.24, 2.45) is 0 Å². The molecule has 170 valence electrons. The van der Waals surface area contributed by atoms with E-state index in [0.29, 0.717) is 22.8 Å². The van der Waals surface area contributed by atoms with E-state index >= 15 is 0 Å². The predicted octanol–water partition coefficient (Wildman–Crippen LogP) is 4.16. The van der Waals surface area contributed by atoms with E-state index in [-0.39, 0.29) is 28.2 Å². The van der Waals surface area contributed by atoms with Crippen LogP contribution in [0.15, 0.2) is 53.4 Å². The molecule has 0 spiro atoms. The molecule has 0 fully saturated rings. The van der Waals surface area contributed by atoms with Gasteiger partial charge < -0.3 is 5.32 Å². The molecule has 0 aliphatic carbocycles. The Morgan fingerprint density at radius 2 is 1.84 bits per heavy atom. The van der Waals surface area contributed by atoms with Crippen molar-refractivity contribution in [2.45, 2.75) is 44.8 Å². The van der Waals surface area contributed by atoms with E-state index in [2.05, 4.69) is 15.1 Å². The van der Waals surface area contributed by atoms with Gasteiger partial charge in [-0.15, -0.1) is 0 Å². The van der Waals surface area contributed by atoms with Gasteiger partial charge in [-0.05, 0) is 50.1 Å². The van der Waals surface area contributed by atoms with Crippen LogP contribution in [0.3, 0.4) is 0 Å². The van der Waals surface area contributed by atoms with Crippen molar-refractivity contribution >= 4 is 39.1 Å². The molecule has 32 heavy (non-hydrogen) atoms. The molecule has 0 bridgehead atoms. The monoisotopic (exact) mass is 494 g/mol. The first-order valence-corrected chi connectivity index (χ1v) is 12.2. The summed E-state index contributed by atoms with van der Waals surface area (Å²) in [7, 11) is -3.62. The lowest BCUT2D eigenvalue weighted by atomic mass is 10.2. The van der Waals surface area contributed by atoms with Crippen LogP contribution in [0.1, 0.15) is 41.0 Å². The standard InChI is InChI=1S/C22H24Cl2N4O3S/c1-14(2)27-32(30,31)18-9-6-7-16(11-18)12-25-22(29)20-15(3)26-28(21(20)24)13-17-8-4-5-10-19(17)23/h4-11,14,27H,12-13H2,1-3H3,(H,25,29). The quantitative estimate of drug-likeness (QED) is 0.491. The van der Waals surface area contributed by atoms with Crippen LogP contribution >= 0.6 is 23.2 Å². The van der Waals surface area contributed by atoms with Crippen LogP contribution in [0.4, 0.5) is 0 Å². The third-order valence-electron chi connectivity index (χ3n) is 4.62. The molecule has 1 aromatic heterocycles. The molecule has 2 aromatic carbocycles. The molecular formula is C22H24Cl2N4O3S. The van der Waals surface area contributed by atoms with E-state index in [1.165, 1.54) is 16.8 Å². The van der Waals surface area contributed by atoms with Gasteiger partial charge in [0.1, 0.15) is 5.15 Å². The van der Waals surface area contributed by atoms with Gasteiger partial charge in [0.25, 0.3) is 5.91 Å². The fraction of sp³-hybridized carbons (Fsp3) is 0.273. The van der Waals surface area contributed by atoms with Crippen molar-refractivity contribution in [2.75, 3.05) is 0 Å². The number of aromatic nitrogens is 2. The molecule has 2 N–H and O–H groups in total. The van der Waals surface area contributed by atoms with Crippen LogP contribution in [0.5, 0.6) is 0 Å². The minimum atomic E-state index is -3.62. The summed E-state index contributed by atoms with van der Waals surface area (Å²) in [5.74, 6) is -0.397. The van der Waals surface area contributed by atoms with Crippen LogP contribution in [-0.4, -0.2) is 30.1 Å². The average molecular weight is 495 g/mol. The SMILES string of the molecule is Cc1nn(Cc2ccccc2Cl)c(Cl)c1C(=O)NCc1cccc(S(=O)(=O)NC(C)C)c1. The highest BCUT2D eigenvalue weighted by Crippen LogP contribution is 2.23. The van der Waals surface area contributed by atoms with Crippen molar-refractivity contribution in [1.29, 1.82) is 0 Å². The molecule has 3 rings (SSSR count). The number of hydrogen-bond acceptors (Lipinski definition) is 4. The maximum Gasteiger partial charge on any atom is 0.256 e. The Morgan fingerprint density at radius 1 is 1.12 bits per heavy atom. The zero-order chi connectivity index (χ0) is 23.5. The molecule has 10 heteroatoms. The lowest BCUT2D eigenvalue weighted by Gasteiger charge is -2.11. The number of benzene rings is 2. The summed E-state index contributed by atoms with van der Waals surface area (Å²) in [4.78, 5) is 13.0. The molecule has 1 heterocycles. The first-order chi connectivity index (χ1) is 15.1. The molecule has 0 aliphatic rings. The first kappa shape index (κ1) is 24.3. The summed E-state index contributed by atoms with van der Waals surface area (Å²) < 4.78 is 28.8. The second kappa shape index (κ2) is 10.0. The van der Waals surface area contributed by atoms with E-state index in [4.69, 9.17) is 23.2 Å². The number of carbonyl (C=O) groups excluding carboxylic acids is 1. The Hall–Kier alpha value is -2.39. The van der Waals surface area contributed by atoms with Crippen LogP contribution in [0.2, 0.25) is 10.2 Å². The van der Waals surface area contributed by atoms with Crippen molar-refractivity contribution < 1.29 is 13.2 Å². The second-order valence-corrected chi connectivity index (χ2v) is 10.1. The van der Waals surface area contributed by atoms with Gasteiger partial charge in [-0.3, -0.25) is 4.79 Å². The predicted molar refractivity (Wildman–Crippen MR) is 126 cm³/mol. The Balaban J connectivity index is 1.74. The maximum atomic E-state index is 12.8. The van der Waals surface area contributed by atoms with Gasteiger partial charge in [0.2, 0.25) is 10.0 Å². The number of nitrogens with one attached hydrogen (secondary N) is 2. The molecule has 3 aromatic rings. The molecule has 0 aliphatic heterocycles. The summed E-state index contributed by atoms with van der Waals surface area (Å²) in [6.45, 7) is 5.67. The van der Waals surface area contributed by atoms with E-state index in [0.717, 1.165) is 5.56 Å². The zero-order valence-electron chi connectivity index (χ0n) is 17.9. The van der Waals surface area contributed by atoms with E-state index in [1.54, 1.807) is 39.0 Å². The smallest absolute Gasteiger partial charge is 0.256 e. The Morgan fingerprint density at radius 3 is 2.53 bits per heavy atom. The highest BCUT2D eigenvalue weighted by atomic mass is 35.5. The number of aryl methyl sites for hydroxylation is 1. The van der Waals surface area contributed by atoms with Gasteiger partial charge in [0, 0.05) is 17.6 Å². The van der Waals surface area contributed by atoms with Gasteiger partial charge in [-0.1, -0.05) is 53.5 Å². The molecule has 1 amide bonds. The number of sulfonamides is 1. The number of carbonyl (C=O) groups is 1. The van der Waals surface area contributed by atoms with Crippen LogP contribution in [-0.2, 0) is 23.1 Å². The number of amides is 1. The zero-order valence-corrected chi connectivity index (χ0v) is 20.2.